The molecule has 3 aromatic heterocycles. The van der Waals surface area contributed by atoms with Crippen LogP contribution in [0.1, 0.15) is 19.1 Å². The summed E-state index contributed by atoms with van der Waals surface area (Å²) in [5.41, 5.74) is 1.31. The molecular formula is C24H18FN3O3S. The molecule has 0 saturated carbocycles. The normalized spacial score (nSPS) is 12.0. The first-order valence-corrected chi connectivity index (χ1v) is 10.9. The Hall–Kier alpha value is -3.78. The summed E-state index contributed by atoms with van der Waals surface area (Å²) in [5, 5.41) is 4.37. The van der Waals surface area contributed by atoms with Crippen molar-refractivity contribution >= 4 is 22.4 Å². The highest BCUT2D eigenvalue weighted by Crippen LogP contribution is 2.23. The number of hydrogen-bond acceptors (Lipinski definition) is 6. The van der Waals surface area contributed by atoms with Crippen molar-refractivity contribution in [2.45, 2.75) is 13.3 Å². The van der Waals surface area contributed by atoms with Gasteiger partial charge in [0, 0.05) is 17.2 Å². The van der Waals surface area contributed by atoms with Gasteiger partial charge in [-0.25, -0.2) is 4.39 Å². The Balaban J connectivity index is 1.42. The van der Waals surface area contributed by atoms with Crippen LogP contribution in [0.15, 0.2) is 69.9 Å². The van der Waals surface area contributed by atoms with Gasteiger partial charge in [-0.3, -0.25) is 4.79 Å². The Bertz CT molecular complexity index is 1480. The van der Waals surface area contributed by atoms with E-state index in [0.29, 0.717) is 33.4 Å². The van der Waals surface area contributed by atoms with Crippen LogP contribution in [0.3, 0.4) is 0 Å². The molecule has 0 spiro atoms. The molecule has 2 aromatic carbocycles. The topological polar surface area (TPSA) is 69.6 Å². The van der Waals surface area contributed by atoms with E-state index in [0.717, 1.165) is 23.3 Å². The summed E-state index contributed by atoms with van der Waals surface area (Å²) in [7, 11) is 0. The maximum atomic E-state index is 13.1. The maximum Gasteiger partial charge on any atom is 0.291 e. The highest BCUT2D eigenvalue weighted by molar-refractivity contribution is 7.15. The zero-order valence-corrected chi connectivity index (χ0v) is 17.9. The Kier molecular flexibility index (Phi) is 5.28. The molecule has 0 aliphatic rings. The van der Waals surface area contributed by atoms with Crippen LogP contribution in [-0.4, -0.2) is 21.2 Å². The van der Waals surface area contributed by atoms with Crippen LogP contribution in [0.2, 0.25) is 0 Å². The summed E-state index contributed by atoms with van der Waals surface area (Å²) < 4.78 is 26.3. The largest absolute Gasteiger partial charge is 0.494 e. The lowest BCUT2D eigenvalue weighted by Gasteiger charge is -2.04. The monoisotopic (exact) mass is 447 g/mol. The van der Waals surface area contributed by atoms with Gasteiger partial charge in [-0.15, -0.1) is 5.10 Å². The van der Waals surface area contributed by atoms with E-state index < -0.39 is 0 Å². The SMILES string of the molecule is CCCOc1ccc(-c2nc3s/c(=C\c4ccc(-c5ccc(F)cc5)o4)c(=O)n3n2)cc1. The zero-order chi connectivity index (χ0) is 22.1. The van der Waals surface area contributed by atoms with Crippen molar-refractivity contribution in [1.29, 1.82) is 0 Å². The zero-order valence-electron chi connectivity index (χ0n) is 17.1. The van der Waals surface area contributed by atoms with Gasteiger partial charge < -0.3 is 9.15 Å². The number of thiazole rings is 1. The van der Waals surface area contributed by atoms with E-state index in [1.165, 1.54) is 28.0 Å². The van der Waals surface area contributed by atoms with E-state index in [2.05, 4.69) is 17.0 Å². The average Bonchev–Trinajstić information content (AvgIpc) is 3.51. The summed E-state index contributed by atoms with van der Waals surface area (Å²) in [6.45, 7) is 2.72. The van der Waals surface area contributed by atoms with E-state index in [9.17, 15) is 9.18 Å². The molecule has 3 heterocycles. The molecule has 5 aromatic rings. The standard InChI is InChI=1S/C24H18FN3O3S/c1-2-13-30-18-9-5-16(6-10-18)22-26-24-28(27-22)23(29)21(32-24)14-19-11-12-20(31-19)15-3-7-17(25)8-4-15/h3-12,14H,2,13H2,1H3/b21-14-. The molecule has 0 saturated heterocycles. The Morgan fingerprint density at radius 3 is 2.53 bits per heavy atom. The van der Waals surface area contributed by atoms with Gasteiger partial charge in [0.2, 0.25) is 4.96 Å². The second-order valence-electron chi connectivity index (χ2n) is 7.13. The second kappa shape index (κ2) is 8.39. The van der Waals surface area contributed by atoms with Gasteiger partial charge in [-0.2, -0.15) is 9.50 Å². The first kappa shape index (κ1) is 20.1. The average molecular weight is 447 g/mol. The molecule has 0 unspecified atom stereocenters. The van der Waals surface area contributed by atoms with Crippen molar-refractivity contribution in [3.8, 4) is 28.5 Å². The Labute approximate surface area is 186 Å². The first-order valence-electron chi connectivity index (χ1n) is 10.1. The fourth-order valence-electron chi connectivity index (χ4n) is 3.21. The molecule has 32 heavy (non-hydrogen) atoms. The molecule has 0 atom stereocenters. The van der Waals surface area contributed by atoms with Crippen LogP contribution in [-0.2, 0) is 0 Å². The van der Waals surface area contributed by atoms with E-state index in [1.807, 2.05) is 24.3 Å². The van der Waals surface area contributed by atoms with Gasteiger partial charge >= 0.3 is 0 Å². The third-order valence-electron chi connectivity index (χ3n) is 4.80. The molecule has 0 amide bonds. The van der Waals surface area contributed by atoms with Gasteiger partial charge in [0.05, 0.1) is 6.61 Å². The van der Waals surface area contributed by atoms with Crippen molar-refractivity contribution in [2.24, 2.45) is 0 Å². The van der Waals surface area contributed by atoms with Gasteiger partial charge in [-0.1, -0.05) is 18.3 Å². The van der Waals surface area contributed by atoms with E-state index in [-0.39, 0.29) is 11.4 Å². The Morgan fingerprint density at radius 1 is 1.06 bits per heavy atom. The van der Waals surface area contributed by atoms with Crippen LogP contribution in [0, 0.1) is 5.82 Å². The van der Waals surface area contributed by atoms with Gasteiger partial charge in [0.25, 0.3) is 5.56 Å². The molecule has 8 heteroatoms. The number of hydrogen-bond donors (Lipinski definition) is 0. The second-order valence-corrected chi connectivity index (χ2v) is 8.14. The van der Waals surface area contributed by atoms with Crippen molar-refractivity contribution in [3.05, 3.63) is 87.1 Å². The lowest BCUT2D eigenvalue weighted by Crippen LogP contribution is -2.23. The van der Waals surface area contributed by atoms with Crippen molar-refractivity contribution < 1.29 is 13.5 Å². The molecule has 0 bridgehead atoms. The molecule has 6 nitrogen and oxygen atoms in total. The minimum atomic E-state index is -0.308. The summed E-state index contributed by atoms with van der Waals surface area (Å²) >= 11 is 1.24. The first-order chi connectivity index (χ1) is 15.6. The van der Waals surface area contributed by atoms with Gasteiger partial charge in [-0.05, 0) is 67.1 Å². The van der Waals surface area contributed by atoms with E-state index >= 15 is 0 Å². The number of ether oxygens (including phenoxy) is 1. The molecule has 0 radical (unpaired) electrons. The number of benzene rings is 2. The molecule has 0 aliphatic heterocycles. The van der Waals surface area contributed by atoms with E-state index in [4.69, 9.17) is 9.15 Å². The predicted octanol–water partition coefficient (Wildman–Crippen LogP) is 4.55. The summed E-state index contributed by atoms with van der Waals surface area (Å²) in [4.78, 5) is 17.8. The fourth-order valence-corrected chi connectivity index (χ4v) is 4.09. The van der Waals surface area contributed by atoms with Crippen molar-refractivity contribution in [3.63, 3.8) is 0 Å². The minimum absolute atomic E-state index is 0.258. The third-order valence-corrected chi connectivity index (χ3v) is 5.76. The lowest BCUT2D eigenvalue weighted by atomic mass is 10.2. The predicted molar refractivity (Wildman–Crippen MR) is 121 cm³/mol. The molecule has 160 valence electrons. The molecule has 0 aliphatic carbocycles. The summed E-state index contributed by atoms with van der Waals surface area (Å²) in [5.74, 6) is 2.08. The molecular weight excluding hydrogens is 429 g/mol. The van der Waals surface area contributed by atoms with Crippen molar-refractivity contribution in [1.82, 2.24) is 14.6 Å². The minimum Gasteiger partial charge on any atom is -0.494 e. The van der Waals surface area contributed by atoms with Crippen molar-refractivity contribution in [2.75, 3.05) is 6.61 Å². The smallest absolute Gasteiger partial charge is 0.291 e. The van der Waals surface area contributed by atoms with Crippen LogP contribution in [0.5, 0.6) is 5.75 Å². The van der Waals surface area contributed by atoms with Gasteiger partial charge in [0.1, 0.15) is 27.6 Å². The number of rotatable bonds is 6. The quantitative estimate of drug-likeness (QED) is 0.382. The number of furan rings is 1. The highest BCUT2D eigenvalue weighted by atomic mass is 32.1. The summed E-state index contributed by atoms with van der Waals surface area (Å²) in [6, 6.07) is 17.1. The fraction of sp³-hybridized carbons (Fsp3) is 0.125. The number of fused-ring (bicyclic) bond motifs is 1. The number of halogens is 1. The molecule has 5 rings (SSSR count). The maximum absolute atomic E-state index is 13.1. The van der Waals surface area contributed by atoms with Crippen LogP contribution < -0.4 is 14.8 Å². The van der Waals surface area contributed by atoms with Crippen LogP contribution in [0.25, 0.3) is 33.7 Å². The Morgan fingerprint density at radius 2 is 1.81 bits per heavy atom. The van der Waals surface area contributed by atoms with E-state index in [1.54, 1.807) is 30.3 Å². The lowest BCUT2D eigenvalue weighted by molar-refractivity contribution is 0.317. The summed E-state index contributed by atoms with van der Waals surface area (Å²) in [6.07, 6.45) is 2.60. The highest BCUT2D eigenvalue weighted by Gasteiger charge is 2.13. The van der Waals surface area contributed by atoms with Crippen LogP contribution in [0.4, 0.5) is 4.39 Å². The van der Waals surface area contributed by atoms with Crippen LogP contribution >= 0.6 is 11.3 Å². The molecule has 0 N–H and O–H groups in total. The van der Waals surface area contributed by atoms with Gasteiger partial charge in [0.15, 0.2) is 5.82 Å². The number of aromatic nitrogens is 3. The number of nitrogens with zero attached hydrogens (tertiary/aromatic N) is 3. The third kappa shape index (κ3) is 3.92. The molecule has 0 fully saturated rings.